The van der Waals surface area contributed by atoms with E-state index >= 15 is 0 Å². The minimum absolute atomic E-state index is 0.0240. The summed E-state index contributed by atoms with van der Waals surface area (Å²) in [5, 5.41) is 0. The van der Waals surface area contributed by atoms with Crippen LogP contribution in [0.3, 0.4) is 0 Å². The van der Waals surface area contributed by atoms with Gasteiger partial charge in [0.15, 0.2) is 5.76 Å². The topological polar surface area (TPSA) is 36.7 Å². The van der Waals surface area contributed by atoms with E-state index in [0.29, 0.717) is 12.3 Å². The number of nitrogens with zero attached hydrogens (tertiary/aromatic N) is 2. The molecule has 0 saturated carbocycles. The highest BCUT2D eigenvalue weighted by atomic mass is 16.3. The van der Waals surface area contributed by atoms with Crippen LogP contribution in [0.1, 0.15) is 22.2 Å². The Morgan fingerprint density at radius 3 is 2.65 bits per heavy atom. The highest BCUT2D eigenvalue weighted by Gasteiger charge is 2.29. The standard InChI is InChI=1S/C16H18N2O2/c1-17-9-10-18(16(19)15-8-5-11-20-15)12-14(17)13-6-3-2-4-7-13/h2-8,11,14H,9-10,12H2,1H3. The third-order valence-corrected chi connectivity index (χ3v) is 3.85. The minimum Gasteiger partial charge on any atom is -0.459 e. The van der Waals surface area contributed by atoms with Gasteiger partial charge in [-0.2, -0.15) is 0 Å². The van der Waals surface area contributed by atoms with Gasteiger partial charge in [0.05, 0.1) is 12.3 Å². The van der Waals surface area contributed by atoms with Gasteiger partial charge in [-0.1, -0.05) is 30.3 Å². The Kier molecular flexibility index (Phi) is 3.56. The van der Waals surface area contributed by atoms with Crippen molar-refractivity contribution in [3.8, 4) is 0 Å². The molecule has 4 heteroatoms. The quantitative estimate of drug-likeness (QED) is 0.841. The summed E-state index contributed by atoms with van der Waals surface area (Å²) in [6, 6.07) is 14.0. The Balaban J connectivity index is 1.78. The zero-order chi connectivity index (χ0) is 13.9. The number of hydrogen-bond donors (Lipinski definition) is 0. The van der Waals surface area contributed by atoms with Crippen molar-refractivity contribution in [2.45, 2.75) is 6.04 Å². The van der Waals surface area contributed by atoms with Crippen molar-refractivity contribution < 1.29 is 9.21 Å². The van der Waals surface area contributed by atoms with Crippen molar-refractivity contribution in [1.29, 1.82) is 0 Å². The Morgan fingerprint density at radius 2 is 1.95 bits per heavy atom. The van der Waals surface area contributed by atoms with E-state index in [0.717, 1.165) is 13.1 Å². The van der Waals surface area contributed by atoms with Crippen LogP contribution in [0.15, 0.2) is 53.1 Å². The van der Waals surface area contributed by atoms with Crippen molar-refractivity contribution in [2.24, 2.45) is 0 Å². The summed E-state index contributed by atoms with van der Waals surface area (Å²) in [4.78, 5) is 16.5. The lowest BCUT2D eigenvalue weighted by Crippen LogP contribution is -2.48. The smallest absolute Gasteiger partial charge is 0.289 e. The highest BCUT2D eigenvalue weighted by Crippen LogP contribution is 2.24. The molecule has 0 radical (unpaired) electrons. The summed E-state index contributed by atoms with van der Waals surface area (Å²) in [7, 11) is 2.10. The second-order valence-electron chi connectivity index (χ2n) is 5.14. The number of likely N-dealkylation sites (N-methyl/N-ethyl adjacent to an activating group) is 1. The second-order valence-corrected chi connectivity index (χ2v) is 5.14. The van der Waals surface area contributed by atoms with Gasteiger partial charge >= 0.3 is 0 Å². The van der Waals surface area contributed by atoms with Crippen molar-refractivity contribution >= 4 is 5.91 Å². The second kappa shape index (κ2) is 5.51. The Morgan fingerprint density at radius 1 is 1.15 bits per heavy atom. The molecule has 1 amide bonds. The van der Waals surface area contributed by atoms with Gasteiger partial charge in [-0.3, -0.25) is 9.69 Å². The Hall–Kier alpha value is -2.07. The van der Waals surface area contributed by atoms with Crippen LogP contribution in [0.25, 0.3) is 0 Å². The van der Waals surface area contributed by atoms with E-state index in [1.165, 1.54) is 11.8 Å². The lowest BCUT2D eigenvalue weighted by Gasteiger charge is -2.39. The molecule has 1 aromatic heterocycles. The number of carbonyl (C=O) groups excluding carboxylic acids is 1. The van der Waals surface area contributed by atoms with Crippen LogP contribution in [0.5, 0.6) is 0 Å². The summed E-state index contributed by atoms with van der Waals surface area (Å²) >= 11 is 0. The van der Waals surface area contributed by atoms with Crippen LogP contribution in [-0.2, 0) is 0 Å². The van der Waals surface area contributed by atoms with Gasteiger partial charge in [0.2, 0.25) is 0 Å². The molecular weight excluding hydrogens is 252 g/mol. The third kappa shape index (κ3) is 2.47. The van der Waals surface area contributed by atoms with Crippen molar-refractivity contribution in [1.82, 2.24) is 9.80 Å². The number of amides is 1. The van der Waals surface area contributed by atoms with Gasteiger partial charge in [-0.25, -0.2) is 0 Å². The number of carbonyl (C=O) groups is 1. The SMILES string of the molecule is CN1CCN(C(=O)c2ccco2)CC1c1ccccc1. The van der Waals surface area contributed by atoms with Gasteiger partial charge in [0, 0.05) is 19.6 Å². The zero-order valence-electron chi connectivity index (χ0n) is 11.5. The van der Waals surface area contributed by atoms with Gasteiger partial charge in [-0.05, 0) is 24.7 Å². The monoisotopic (exact) mass is 270 g/mol. The van der Waals surface area contributed by atoms with Crippen LogP contribution < -0.4 is 0 Å². The number of piperazine rings is 1. The van der Waals surface area contributed by atoms with Crippen LogP contribution >= 0.6 is 0 Å². The largest absolute Gasteiger partial charge is 0.459 e. The predicted octanol–water partition coefficient (Wildman–Crippen LogP) is 2.41. The Labute approximate surface area is 118 Å². The molecular formula is C16H18N2O2. The van der Waals surface area contributed by atoms with E-state index in [9.17, 15) is 4.79 Å². The molecule has 0 aliphatic carbocycles. The number of rotatable bonds is 2. The fourth-order valence-corrected chi connectivity index (χ4v) is 2.65. The molecule has 1 aromatic carbocycles. The van der Waals surface area contributed by atoms with E-state index in [-0.39, 0.29) is 11.9 Å². The van der Waals surface area contributed by atoms with Gasteiger partial charge in [0.1, 0.15) is 0 Å². The number of furan rings is 1. The summed E-state index contributed by atoms with van der Waals surface area (Å²) in [5.41, 5.74) is 1.24. The molecule has 0 bridgehead atoms. The maximum atomic E-state index is 12.4. The first kappa shape index (κ1) is 12.9. The number of benzene rings is 1. The first-order valence-electron chi connectivity index (χ1n) is 6.83. The molecule has 0 spiro atoms. The average molecular weight is 270 g/mol. The van der Waals surface area contributed by atoms with Crippen molar-refractivity contribution in [3.63, 3.8) is 0 Å². The molecule has 104 valence electrons. The molecule has 2 heterocycles. The molecule has 1 unspecified atom stereocenters. The minimum atomic E-state index is -0.0240. The molecule has 1 saturated heterocycles. The molecule has 1 atom stereocenters. The van der Waals surface area contributed by atoms with E-state index in [1.807, 2.05) is 23.1 Å². The Bertz CT molecular complexity index is 565. The molecule has 2 aromatic rings. The summed E-state index contributed by atoms with van der Waals surface area (Å²) in [5.74, 6) is 0.394. The molecule has 1 aliphatic heterocycles. The molecule has 4 nitrogen and oxygen atoms in total. The first-order valence-corrected chi connectivity index (χ1v) is 6.83. The summed E-state index contributed by atoms with van der Waals surface area (Å²) < 4.78 is 5.21. The predicted molar refractivity (Wildman–Crippen MR) is 76.4 cm³/mol. The third-order valence-electron chi connectivity index (χ3n) is 3.85. The maximum absolute atomic E-state index is 12.4. The molecule has 0 N–H and O–H groups in total. The van der Waals surface area contributed by atoms with Crippen LogP contribution in [-0.4, -0.2) is 42.4 Å². The van der Waals surface area contributed by atoms with Crippen LogP contribution in [0, 0.1) is 0 Å². The zero-order valence-corrected chi connectivity index (χ0v) is 11.5. The molecule has 20 heavy (non-hydrogen) atoms. The van der Waals surface area contributed by atoms with Gasteiger partial charge < -0.3 is 9.32 Å². The normalized spacial score (nSPS) is 20.1. The fourth-order valence-electron chi connectivity index (χ4n) is 2.65. The van der Waals surface area contributed by atoms with Gasteiger partial charge in [-0.15, -0.1) is 0 Å². The van der Waals surface area contributed by atoms with Crippen molar-refractivity contribution in [3.05, 3.63) is 60.1 Å². The first-order chi connectivity index (χ1) is 9.75. The lowest BCUT2D eigenvalue weighted by molar-refractivity contribution is 0.0517. The molecule has 1 fully saturated rings. The fraction of sp³-hybridized carbons (Fsp3) is 0.312. The summed E-state index contributed by atoms with van der Waals surface area (Å²) in [6.45, 7) is 2.30. The molecule has 3 rings (SSSR count). The highest BCUT2D eigenvalue weighted by molar-refractivity contribution is 5.91. The van der Waals surface area contributed by atoms with E-state index in [2.05, 4.69) is 24.1 Å². The summed E-state index contributed by atoms with van der Waals surface area (Å²) in [6.07, 6.45) is 1.54. The van der Waals surface area contributed by atoms with Crippen LogP contribution in [0.4, 0.5) is 0 Å². The van der Waals surface area contributed by atoms with E-state index < -0.39 is 0 Å². The lowest BCUT2D eigenvalue weighted by atomic mass is 10.0. The number of hydrogen-bond acceptors (Lipinski definition) is 3. The maximum Gasteiger partial charge on any atom is 0.289 e. The average Bonchev–Trinajstić information content (AvgIpc) is 3.02. The van der Waals surface area contributed by atoms with Gasteiger partial charge in [0.25, 0.3) is 5.91 Å². The molecule has 1 aliphatic rings. The van der Waals surface area contributed by atoms with Crippen LogP contribution in [0.2, 0.25) is 0 Å². The van der Waals surface area contributed by atoms with Crippen molar-refractivity contribution in [2.75, 3.05) is 26.7 Å². The van der Waals surface area contributed by atoms with E-state index in [4.69, 9.17) is 4.42 Å². The van der Waals surface area contributed by atoms with E-state index in [1.54, 1.807) is 12.1 Å².